The van der Waals surface area contributed by atoms with Gasteiger partial charge in [-0.2, -0.15) is 5.10 Å². The Bertz CT molecular complexity index is 639. The van der Waals surface area contributed by atoms with E-state index in [0.29, 0.717) is 19.4 Å². The highest BCUT2D eigenvalue weighted by molar-refractivity contribution is 5.76. The van der Waals surface area contributed by atoms with Crippen molar-refractivity contribution in [3.8, 4) is 0 Å². The number of benzene rings is 1. The molecule has 118 valence electrons. The largest absolute Gasteiger partial charge is 0.396 e. The molecule has 3 N–H and O–H groups in total. The minimum absolute atomic E-state index is 0.0416. The first-order valence-electron chi connectivity index (χ1n) is 7.40. The van der Waals surface area contributed by atoms with Gasteiger partial charge in [-0.1, -0.05) is 6.07 Å². The van der Waals surface area contributed by atoms with Crippen LogP contribution in [-0.4, -0.2) is 22.2 Å². The second-order valence-electron chi connectivity index (χ2n) is 5.16. The summed E-state index contributed by atoms with van der Waals surface area (Å²) in [6.45, 7) is 3.44. The summed E-state index contributed by atoms with van der Waals surface area (Å²) in [6, 6.07) is 4.64. The lowest BCUT2D eigenvalue weighted by Gasteiger charge is -2.05. The predicted molar refractivity (Wildman–Crippen MR) is 83.7 cm³/mol. The Kier molecular flexibility index (Phi) is 5.52. The number of hydrogen-bond acceptors (Lipinski definition) is 3. The number of anilines is 1. The van der Waals surface area contributed by atoms with Gasteiger partial charge in [0.1, 0.15) is 5.82 Å². The van der Waals surface area contributed by atoms with Crippen LogP contribution in [0.2, 0.25) is 0 Å². The molecule has 0 aliphatic heterocycles. The molecule has 5 nitrogen and oxygen atoms in total. The van der Waals surface area contributed by atoms with E-state index in [1.54, 1.807) is 6.07 Å². The van der Waals surface area contributed by atoms with E-state index < -0.39 is 5.82 Å². The number of nitrogens with two attached hydrogens (primary N) is 1. The van der Waals surface area contributed by atoms with Gasteiger partial charge in [-0.25, -0.2) is 4.39 Å². The summed E-state index contributed by atoms with van der Waals surface area (Å²) < 4.78 is 15.1. The minimum atomic E-state index is -0.439. The zero-order valence-corrected chi connectivity index (χ0v) is 12.7. The van der Waals surface area contributed by atoms with E-state index in [-0.39, 0.29) is 11.6 Å². The molecule has 1 aromatic heterocycles. The fourth-order valence-corrected chi connectivity index (χ4v) is 2.13. The van der Waals surface area contributed by atoms with Crippen LogP contribution < -0.4 is 11.1 Å². The average molecular weight is 304 g/mol. The van der Waals surface area contributed by atoms with Crippen molar-refractivity contribution >= 4 is 11.6 Å². The Labute approximate surface area is 129 Å². The predicted octanol–water partition coefficient (Wildman–Crippen LogP) is 1.92. The second kappa shape index (κ2) is 7.59. The van der Waals surface area contributed by atoms with Gasteiger partial charge in [-0.05, 0) is 43.0 Å². The van der Waals surface area contributed by atoms with E-state index in [9.17, 15) is 9.18 Å². The van der Waals surface area contributed by atoms with Crippen molar-refractivity contribution in [2.45, 2.75) is 32.7 Å². The van der Waals surface area contributed by atoms with Gasteiger partial charge in [0.05, 0.1) is 11.9 Å². The molecule has 0 radical (unpaired) electrons. The van der Waals surface area contributed by atoms with Gasteiger partial charge < -0.3 is 11.1 Å². The third-order valence-electron chi connectivity index (χ3n) is 3.45. The van der Waals surface area contributed by atoms with Gasteiger partial charge in [-0.15, -0.1) is 0 Å². The molecule has 0 saturated carbocycles. The number of nitrogen functional groups attached to an aromatic ring is 1. The molecule has 0 bridgehead atoms. The second-order valence-corrected chi connectivity index (χ2v) is 5.16. The van der Waals surface area contributed by atoms with Crippen LogP contribution in [0.1, 0.15) is 24.5 Å². The number of nitrogens with one attached hydrogen (secondary N) is 1. The van der Waals surface area contributed by atoms with Gasteiger partial charge in [0.15, 0.2) is 0 Å². The highest BCUT2D eigenvalue weighted by Crippen LogP contribution is 2.13. The molecule has 1 heterocycles. The standard InChI is InChI=1S/C16H21FN4O/c1-2-21-11-13(10-20-21)7-8-19-16(22)6-4-12-3-5-15(18)14(17)9-12/h3,5,9-11H,2,4,6-8,18H2,1H3,(H,19,22). The summed E-state index contributed by atoms with van der Waals surface area (Å²) in [5.74, 6) is -0.481. The summed E-state index contributed by atoms with van der Waals surface area (Å²) in [5.41, 5.74) is 7.41. The first-order chi connectivity index (χ1) is 10.6. The number of carbonyl (C=O) groups excluding carboxylic acids is 1. The van der Waals surface area contributed by atoms with Crippen LogP contribution in [0.15, 0.2) is 30.6 Å². The average Bonchev–Trinajstić information content (AvgIpc) is 2.96. The first-order valence-corrected chi connectivity index (χ1v) is 7.40. The maximum absolute atomic E-state index is 13.3. The van der Waals surface area contributed by atoms with Gasteiger partial charge in [0.25, 0.3) is 0 Å². The quantitative estimate of drug-likeness (QED) is 0.768. The molecular weight excluding hydrogens is 283 g/mol. The van der Waals surface area contributed by atoms with E-state index in [1.165, 1.54) is 12.1 Å². The number of carbonyl (C=O) groups is 1. The molecule has 0 spiro atoms. The molecule has 2 aromatic rings. The molecule has 0 atom stereocenters. The first kappa shape index (κ1) is 16.0. The lowest BCUT2D eigenvalue weighted by atomic mass is 10.1. The Morgan fingerprint density at radius 2 is 2.18 bits per heavy atom. The normalized spacial score (nSPS) is 10.6. The lowest BCUT2D eigenvalue weighted by molar-refractivity contribution is -0.121. The molecule has 1 aromatic carbocycles. The van der Waals surface area contributed by atoms with Crippen LogP contribution in [0.4, 0.5) is 10.1 Å². The molecular formula is C16H21FN4O. The summed E-state index contributed by atoms with van der Waals surface area (Å²) in [7, 11) is 0. The van der Waals surface area contributed by atoms with Crippen LogP contribution in [-0.2, 0) is 24.2 Å². The Hall–Kier alpha value is -2.37. The molecule has 0 unspecified atom stereocenters. The summed E-state index contributed by atoms with van der Waals surface area (Å²) in [5, 5.41) is 7.04. The lowest BCUT2D eigenvalue weighted by Crippen LogP contribution is -2.25. The van der Waals surface area contributed by atoms with Gasteiger partial charge in [0.2, 0.25) is 5.91 Å². The maximum atomic E-state index is 13.3. The molecule has 0 saturated heterocycles. The maximum Gasteiger partial charge on any atom is 0.220 e. The molecule has 2 rings (SSSR count). The Balaban J connectivity index is 1.70. The number of halogens is 1. The number of rotatable bonds is 7. The number of amides is 1. The third-order valence-corrected chi connectivity index (χ3v) is 3.45. The van der Waals surface area contributed by atoms with E-state index in [1.807, 2.05) is 24.0 Å². The van der Waals surface area contributed by atoms with Crippen molar-refractivity contribution in [1.29, 1.82) is 0 Å². The van der Waals surface area contributed by atoms with Gasteiger partial charge >= 0.3 is 0 Å². The Morgan fingerprint density at radius 3 is 2.86 bits per heavy atom. The van der Waals surface area contributed by atoms with Crippen LogP contribution >= 0.6 is 0 Å². The fourth-order valence-electron chi connectivity index (χ4n) is 2.13. The van der Waals surface area contributed by atoms with Crippen LogP contribution in [0, 0.1) is 5.82 Å². The third kappa shape index (κ3) is 4.58. The summed E-state index contributed by atoms with van der Waals surface area (Å²) >= 11 is 0. The van der Waals surface area contributed by atoms with Crippen molar-refractivity contribution in [3.05, 3.63) is 47.5 Å². The molecule has 1 amide bonds. The van der Waals surface area contributed by atoms with Crippen molar-refractivity contribution in [2.24, 2.45) is 0 Å². The monoisotopic (exact) mass is 304 g/mol. The van der Waals surface area contributed by atoms with Crippen molar-refractivity contribution in [2.75, 3.05) is 12.3 Å². The molecule has 6 heteroatoms. The van der Waals surface area contributed by atoms with Gasteiger partial charge in [0, 0.05) is 25.7 Å². The van der Waals surface area contributed by atoms with E-state index in [4.69, 9.17) is 5.73 Å². The van der Waals surface area contributed by atoms with Crippen LogP contribution in [0.5, 0.6) is 0 Å². The van der Waals surface area contributed by atoms with Crippen LogP contribution in [0.3, 0.4) is 0 Å². The fraction of sp³-hybridized carbons (Fsp3) is 0.375. The zero-order chi connectivity index (χ0) is 15.9. The van der Waals surface area contributed by atoms with Crippen LogP contribution in [0.25, 0.3) is 0 Å². The van der Waals surface area contributed by atoms with Gasteiger partial charge in [-0.3, -0.25) is 9.48 Å². The number of aryl methyl sites for hydroxylation is 2. The highest BCUT2D eigenvalue weighted by Gasteiger charge is 2.05. The van der Waals surface area contributed by atoms with Crippen molar-refractivity contribution < 1.29 is 9.18 Å². The number of aromatic nitrogens is 2. The number of nitrogens with zero attached hydrogens (tertiary/aromatic N) is 2. The Morgan fingerprint density at radius 1 is 1.36 bits per heavy atom. The van der Waals surface area contributed by atoms with E-state index in [2.05, 4.69) is 10.4 Å². The molecule has 0 aliphatic rings. The number of hydrogen-bond donors (Lipinski definition) is 2. The zero-order valence-electron chi connectivity index (χ0n) is 12.7. The van der Waals surface area contributed by atoms with E-state index >= 15 is 0 Å². The smallest absolute Gasteiger partial charge is 0.220 e. The van der Waals surface area contributed by atoms with Crippen molar-refractivity contribution in [3.63, 3.8) is 0 Å². The van der Waals surface area contributed by atoms with E-state index in [0.717, 1.165) is 24.1 Å². The molecule has 22 heavy (non-hydrogen) atoms. The minimum Gasteiger partial charge on any atom is -0.396 e. The topological polar surface area (TPSA) is 72.9 Å². The molecule has 0 aliphatic carbocycles. The summed E-state index contributed by atoms with van der Waals surface area (Å²) in [6.07, 6.45) is 5.37. The highest BCUT2D eigenvalue weighted by atomic mass is 19.1. The molecule has 0 fully saturated rings. The van der Waals surface area contributed by atoms with Crippen molar-refractivity contribution in [1.82, 2.24) is 15.1 Å². The summed E-state index contributed by atoms with van der Waals surface area (Å²) in [4.78, 5) is 11.8. The SMILES string of the molecule is CCn1cc(CCNC(=O)CCc2ccc(N)c(F)c2)cn1.